The first-order valence-corrected chi connectivity index (χ1v) is 8.53. The van der Waals surface area contributed by atoms with Gasteiger partial charge in [-0.05, 0) is 43.5 Å². The van der Waals surface area contributed by atoms with Gasteiger partial charge in [0.1, 0.15) is 22.8 Å². The van der Waals surface area contributed by atoms with Crippen molar-refractivity contribution in [1.29, 1.82) is 0 Å². The van der Waals surface area contributed by atoms with Crippen LogP contribution in [0.1, 0.15) is 17.8 Å². The number of anilines is 1. The van der Waals surface area contributed by atoms with Gasteiger partial charge in [0.2, 0.25) is 0 Å². The number of carboxylic acids is 1. The lowest BCUT2D eigenvalue weighted by atomic mass is 9.73. The van der Waals surface area contributed by atoms with Gasteiger partial charge in [0.25, 0.3) is 0 Å². The number of aliphatic carboxylic acids is 1. The summed E-state index contributed by atoms with van der Waals surface area (Å²) in [6.07, 6.45) is 1.29. The Morgan fingerprint density at radius 3 is 2.92 bits per heavy atom. The van der Waals surface area contributed by atoms with E-state index in [4.69, 9.17) is 4.74 Å². The van der Waals surface area contributed by atoms with Gasteiger partial charge in [0.05, 0.1) is 13.2 Å². The number of ether oxygens (including phenoxy) is 1. The standard InChI is InChI=1S/C19H23N3O4/c1-13-20-8-6-17(21-13)22-9-7-16(23)19(12-22,18(24)25)11-14-4-3-5-15(10-14)26-2/h3-6,8,10,16,23H,7,9,11-12H2,1-2H3,(H,24,25)/t16-,19+/m0/s1. The molecule has 138 valence electrons. The summed E-state index contributed by atoms with van der Waals surface area (Å²) in [7, 11) is 1.57. The molecule has 1 fully saturated rings. The average Bonchev–Trinajstić information content (AvgIpc) is 2.63. The van der Waals surface area contributed by atoms with Crippen LogP contribution in [0.2, 0.25) is 0 Å². The number of carboxylic acid groups (broad SMARTS) is 1. The summed E-state index contributed by atoms with van der Waals surface area (Å²) in [5, 5.41) is 20.6. The van der Waals surface area contributed by atoms with Crippen LogP contribution < -0.4 is 9.64 Å². The van der Waals surface area contributed by atoms with Gasteiger partial charge in [0, 0.05) is 19.3 Å². The number of nitrogens with zero attached hydrogens (tertiary/aromatic N) is 3. The van der Waals surface area contributed by atoms with Crippen LogP contribution in [0.25, 0.3) is 0 Å². The van der Waals surface area contributed by atoms with Crippen LogP contribution >= 0.6 is 0 Å². The molecule has 26 heavy (non-hydrogen) atoms. The summed E-state index contributed by atoms with van der Waals surface area (Å²) in [6.45, 7) is 2.52. The molecule has 1 aromatic heterocycles. The van der Waals surface area contributed by atoms with Crippen molar-refractivity contribution in [2.24, 2.45) is 5.41 Å². The van der Waals surface area contributed by atoms with E-state index in [0.717, 1.165) is 5.56 Å². The third kappa shape index (κ3) is 3.48. The van der Waals surface area contributed by atoms with Gasteiger partial charge in [-0.15, -0.1) is 0 Å². The zero-order chi connectivity index (χ0) is 18.7. The minimum atomic E-state index is -1.32. The van der Waals surface area contributed by atoms with Crippen LogP contribution in [0.4, 0.5) is 5.82 Å². The van der Waals surface area contributed by atoms with E-state index in [1.54, 1.807) is 26.3 Å². The minimum Gasteiger partial charge on any atom is -0.497 e. The molecule has 0 aliphatic carbocycles. The van der Waals surface area contributed by atoms with Gasteiger partial charge in [-0.2, -0.15) is 0 Å². The molecule has 7 nitrogen and oxygen atoms in total. The zero-order valence-corrected chi connectivity index (χ0v) is 14.9. The Morgan fingerprint density at radius 1 is 1.42 bits per heavy atom. The second-order valence-electron chi connectivity index (χ2n) is 6.68. The number of aliphatic hydroxyl groups is 1. The molecule has 2 aromatic rings. The predicted molar refractivity (Wildman–Crippen MR) is 96.4 cm³/mol. The summed E-state index contributed by atoms with van der Waals surface area (Å²) in [5.74, 6) is 0.961. The van der Waals surface area contributed by atoms with Crippen LogP contribution in [-0.4, -0.2) is 52.5 Å². The maximum absolute atomic E-state index is 12.2. The first kappa shape index (κ1) is 18.1. The highest BCUT2D eigenvalue weighted by molar-refractivity contribution is 5.77. The lowest BCUT2D eigenvalue weighted by Crippen LogP contribution is -2.57. The number of rotatable bonds is 5. The predicted octanol–water partition coefficient (Wildman–Crippen LogP) is 1.68. The number of hydrogen-bond donors (Lipinski definition) is 2. The molecule has 0 unspecified atom stereocenters. The largest absolute Gasteiger partial charge is 0.497 e. The zero-order valence-electron chi connectivity index (χ0n) is 14.9. The van der Waals surface area contributed by atoms with Gasteiger partial charge >= 0.3 is 5.97 Å². The smallest absolute Gasteiger partial charge is 0.314 e. The molecule has 2 N–H and O–H groups in total. The summed E-state index contributed by atoms with van der Waals surface area (Å²) >= 11 is 0. The topological polar surface area (TPSA) is 95.8 Å². The highest BCUT2D eigenvalue weighted by atomic mass is 16.5. The van der Waals surface area contributed by atoms with Crippen LogP contribution in [0, 0.1) is 12.3 Å². The van der Waals surface area contributed by atoms with E-state index in [1.165, 1.54) is 0 Å². The van der Waals surface area contributed by atoms with Crippen LogP contribution in [0.5, 0.6) is 5.75 Å². The normalized spacial score (nSPS) is 22.9. The maximum atomic E-state index is 12.2. The molecule has 0 saturated carbocycles. The average molecular weight is 357 g/mol. The Hall–Kier alpha value is -2.67. The first-order chi connectivity index (χ1) is 12.4. The molecule has 1 aromatic carbocycles. The van der Waals surface area contributed by atoms with E-state index in [-0.39, 0.29) is 13.0 Å². The number of aliphatic hydroxyl groups excluding tert-OH is 1. The Kier molecular flexibility index (Phi) is 5.08. The second kappa shape index (κ2) is 7.29. The van der Waals surface area contributed by atoms with E-state index in [0.29, 0.717) is 30.4 Å². The molecule has 1 saturated heterocycles. The summed E-state index contributed by atoms with van der Waals surface area (Å²) in [5.41, 5.74) is -0.504. The Morgan fingerprint density at radius 2 is 2.23 bits per heavy atom. The molecule has 0 amide bonds. The second-order valence-corrected chi connectivity index (χ2v) is 6.68. The van der Waals surface area contributed by atoms with Gasteiger partial charge < -0.3 is 19.8 Å². The first-order valence-electron chi connectivity index (χ1n) is 8.53. The molecule has 1 aliphatic heterocycles. The molecular formula is C19H23N3O4. The van der Waals surface area contributed by atoms with Crippen molar-refractivity contribution in [1.82, 2.24) is 9.97 Å². The molecule has 0 spiro atoms. The highest BCUT2D eigenvalue weighted by Crippen LogP contribution is 2.36. The van der Waals surface area contributed by atoms with Crippen molar-refractivity contribution in [3.8, 4) is 5.75 Å². The van der Waals surface area contributed by atoms with Crippen molar-refractivity contribution >= 4 is 11.8 Å². The fraction of sp³-hybridized carbons (Fsp3) is 0.421. The molecular weight excluding hydrogens is 334 g/mol. The van der Waals surface area contributed by atoms with Crippen LogP contribution in [0.3, 0.4) is 0 Å². The van der Waals surface area contributed by atoms with Crippen LogP contribution in [0.15, 0.2) is 36.5 Å². The number of hydrogen-bond acceptors (Lipinski definition) is 6. The fourth-order valence-electron chi connectivity index (χ4n) is 3.50. The Bertz CT molecular complexity index is 798. The SMILES string of the molecule is COc1cccc(C[C@@]2(C(=O)O)CN(c3ccnc(C)n3)CC[C@@H]2O)c1. The summed E-state index contributed by atoms with van der Waals surface area (Å²) in [6, 6.07) is 9.07. The minimum absolute atomic E-state index is 0.178. The summed E-state index contributed by atoms with van der Waals surface area (Å²) < 4.78 is 5.23. The fourth-order valence-corrected chi connectivity index (χ4v) is 3.50. The maximum Gasteiger partial charge on any atom is 0.314 e. The number of piperidine rings is 1. The van der Waals surface area contributed by atoms with Gasteiger partial charge in [-0.1, -0.05) is 12.1 Å². The number of methoxy groups -OCH3 is 1. The van der Waals surface area contributed by atoms with Gasteiger partial charge in [-0.25, -0.2) is 9.97 Å². The third-order valence-corrected chi connectivity index (χ3v) is 4.95. The van der Waals surface area contributed by atoms with Crippen LogP contribution in [-0.2, 0) is 11.2 Å². The monoisotopic (exact) mass is 357 g/mol. The number of carbonyl (C=O) groups is 1. The quantitative estimate of drug-likeness (QED) is 0.840. The molecule has 3 rings (SSSR count). The highest BCUT2D eigenvalue weighted by Gasteiger charge is 2.49. The van der Waals surface area contributed by atoms with Crippen molar-refractivity contribution in [2.45, 2.75) is 25.9 Å². The van der Waals surface area contributed by atoms with E-state index < -0.39 is 17.5 Å². The number of aromatic nitrogens is 2. The molecule has 1 aliphatic rings. The Labute approximate surface area is 152 Å². The molecule has 7 heteroatoms. The third-order valence-electron chi connectivity index (χ3n) is 4.95. The van der Waals surface area contributed by atoms with E-state index in [2.05, 4.69) is 9.97 Å². The van der Waals surface area contributed by atoms with Crippen molar-refractivity contribution in [2.75, 3.05) is 25.1 Å². The van der Waals surface area contributed by atoms with E-state index >= 15 is 0 Å². The van der Waals surface area contributed by atoms with Gasteiger partial charge in [0.15, 0.2) is 0 Å². The van der Waals surface area contributed by atoms with E-state index in [1.807, 2.05) is 29.2 Å². The molecule has 2 atom stereocenters. The van der Waals surface area contributed by atoms with Gasteiger partial charge in [-0.3, -0.25) is 4.79 Å². The van der Waals surface area contributed by atoms with Crippen molar-refractivity contribution < 1.29 is 19.7 Å². The molecule has 0 bridgehead atoms. The van der Waals surface area contributed by atoms with E-state index in [9.17, 15) is 15.0 Å². The lowest BCUT2D eigenvalue weighted by molar-refractivity contribution is -0.157. The molecule has 0 radical (unpaired) electrons. The number of benzene rings is 1. The lowest BCUT2D eigenvalue weighted by Gasteiger charge is -2.44. The Balaban J connectivity index is 1.93. The molecule has 2 heterocycles. The summed E-state index contributed by atoms with van der Waals surface area (Å²) in [4.78, 5) is 22.6. The number of aryl methyl sites for hydroxylation is 1. The van der Waals surface area contributed by atoms with Crippen molar-refractivity contribution in [3.63, 3.8) is 0 Å². The van der Waals surface area contributed by atoms with Crippen molar-refractivity contribution in [3.05, 3.63) is 47.9 Å².